The van der Waals surface area contributed by atoms with Crippen molar-refractivity contribution >= 4 is 0 Å². The number of halogens is 2. The molecule has 4 nitrogen and oxygen atoms in total. The molecule has 0 aliphatic heterocycles. The van der Waals surface area contributed by atoms with E-state index in [1.807, 2.05) is 6.07 Å². The van der Waals surface area contributed by atoms with Crippen LogP contribution < -0.4 is 10.1 Å². The monoisotopic (exact) mass is 296 g/mol. The fraction of sp³-hybridized carbons (Fsp3) is 0.400. The second kappa shape index (κ2) is 6.22. The van der Waals surface area contributed by atoms with Crippen molar-refractivity contribution in [3.63, 3.8) is 0 Å². The number of alkyl halides is 2. The van der Waals surface area contributed by atoms with Crippen molar-refractivity contribution in [2.45, 2.75) is 39.5 Å². The van der Waals surface area contributed by atoms with E-state index < -0.39 is 6.61 Å². The van der Waals surface area contributed by atoms with Crippen molar-refractivity contribution < 1.29 is 18.0 Å². The molecule has 0 amide bonds. The lowest BCUT2D eigenvalue weighted by Crippen LogP contribution is -2.35. The first-order chi connectivity index (χ1) is 9.83. The molecule has 0 saturated heterocycles. The average Bonchev–Trinajstić information content (AvgIpc) is 2.84. The van der Waals surface area contributed by atoms with E-state index in [9.17, 15) is 8.78 Å². The zero-order valence-electron chi connectivity index (χ0n) is 12.2. The first-order valence-electron chi connectivity index (χ1n) is 6.59. The summed E-state index contributed by atoms with van der Waals surface area (Å²) in [6.45, 7) is 3.97. The van der Waals surface area contributed by atoms with Gasteiger partial charge < -0.3 is 14.6 Å². The molecule has 2 aromatic rings. The van der Waals surface area contributed by atoms with Gasteiger partial charge in [0.25, 0.3) is 0 Å². The van der Waals surface area contributed by atoms with Crippen LogP contribution >= 0.6 is 0 Å². The van der Waals surface area contributed by atoms with E-state index >= 15 is 0 Å². The standard InChI is InChI=1S/C15H18F2N2O2/c1-15(2,3)18-9-11-8-13(21-19-11)10-4-6-12(7-5-10)20-14(16)17/h4-8,14,18H,9H2,1-3H3. The minimum absolute atomic E-state index is 0.00658. The summed E-state index contributed by atoms with van der Waals surface area (Å²) in [5.41, 5.74) is 1.53. The molecular formula is C15H18F2N2O2. The van der Waals surface area contributed by atoms with Gasteiger partial charge in [0.2, 0.25) is 0 Å². The SMILES string of the molecule is CC(C)(C)NCc1cc(-c2ccc(OC(F)F)cc2)on1. The fourth-order valence-corrected chi connectivity index (χ4v) is 1.69. The van der Waals surface area contributed by atoms with Gasteiger partial charge in [0.1, 0.15) is 5.75 Å². The number of benzene rings is 1. The lowest BCUT2D eigenvalue weighted by molar-refractivity contribution is -0.0498. The van der Waals surface area contributed by atoms with Crippen LogP contribution in [-0.2, 0) is 6.54 Å². The van der Waals surface area contributed by atoms with Gasteiger partial charge in [0, 0.05) is 23.7 Å². The number of hydrogen-bond acceptors (Lipinski definition) is 4. The van der Waals surface area contributed by atoms with Crippen LogP contribution in [0.2, 0.25) is 0 Å². The Labute approximate surface area is 122 Å². The maximum absolute atomic E-state index is 12.1. The second-order valence-electron chi connectivity index (χ2n) is 5.69. The highest BCUT2D eigenvalue weighted by Crippen LogP contribution is 2.24. The molecule has 1 aromatic heterocycles. The molecule has 0 radical (unpaired) electrons. The third-order valence-corrected chi connectivity index (χ3v) is 2.72. The van der Waals surface area contributed by atoms with E-state index in [2.05, 4.69) is 36.0 Å². The summed E-state index contributed by atoms with van der Waals surface area (Å²) in [5.74, 6) is 0.701. The number of rotatable bonds is 5. The molecule has 0 spiro atoms. The Balaban J connectivity index is 2.03. The summed E-state index contributed by atoms with van der Waals surface area (Å²) < 4.78 is 33.7. The van der Waals surface area contributed by atoms with Gasteiger partial charge in [0.05, 0.1) is 5.69 Å². The third-order valence-electron chi connectivity index (χ3n) is 2.72. The minimum atomic E-state index is -2.82. The fourth-order valence-electron chi connectivity index (χ4n) is 1.69. The molecule has 0 unspecified atom stereocenters. The molecule has 114 valence electrons. The van der Waals surface area contributed by atoms with Gasteiger partial charge in [-0.3, -0.25) is 0 Å². The van der Waals surface area contributed by atoms with E-state index in [1.54, 1.807) is 12.1 Å². The summed E-state index contributed by atoms with van der Waals surface area (Å²) >= 11 is 0. The van der Waals surface area contributed by atoms with Crippen LogP contribution in [-0.4, -0.2) is 17.3 Å². The second-order valence-corrected chi connectivity index (χ2v) is 5.69. The van der Waals surface area contributed by atoms with Crippen molar-refractivity contribution in [1.29, 1.82) is 0 Å². The molecule has 6 heteroatoms. The van der Waals surface area contributed by atoms with Crippen LogP contribution in [0.25, 0.3) is 11.3 Å². The van der Waals surface area contributed by atoms with Gasteiger partial charge in [-0.1, -0.05) is 5.16 Å². The summed E-state index contributed by atoms with van der Waals surface area (Å²) in [4.78, 5) is 0. The van der Waals surface area contributed by atoms with Gasteiger partial charge >= 0.3 is 6.61 Å². The Bertz CT molecular complexity index is 574. The maximum atomic E-state index is 12.1. The summed E-state index contributed by atoms with van der Waals surface area (Å²) in [5, 5.41) is 7.29. The predicted molar refractivity (Wildman–Crippen MR) is 75.2 cm³/mol. The Hall–Kier alpha value is -1.95. The van der Waals surface area contributed by atoms with Gasteiger partial charge in [-0.15, -0.1) is 0 Å². The molecule has 2 rings (SSSR count). The molecular weight excluding hydrogens is 278 g/mol. The molecule has 21 heavy (non-hydrogen) atoms. The van der Waals surface area contributed by atoms with Crippen LogP contribution in [0.1, 0.15) is 26.5 Å². The lowest BCUT2D eigenvalue weighted by atomic mass is 10.1. The normalized spacial score (nSPS) is 11.9. The number of hydrogen-bond donors (Lipinski definition) is 1. The highest BCUT2D eigenvalue weighted by atomic mass is 19.3. The van der Waals surface area contributed by atoms with E-state index in [0.717, 1.165) is 11.3 Å². The number of nitrogens with zero attached hydrogens (tertiary/aromatic N) is 1. The third kappa shape index (κ3) is 4.82. The minimum Gasteiger partial charge on any atom is -0.435 e. The summed E-state index contributed by atoms with van der Waals surface area (Å²) in [6.07, 6.45) is 0. The average molecular weight is 296 g/mol. The number of nitrogens with one attached hydrogen (secondary N) is 1. The van der Waals surface area contributed by atoms with Crippen LogP contribution in [0.3, 0.4) is 0 Å². The highest BCUT2D eigenvalue weighted by Gasteiger charge is 2.12. The first kappa shape index (κ1) is 15.4. The highest BCUT2D eigenvalue weighted by molar-refractivity contribution is 5.58. The van der Waals surface area contributed by atoms with Crippen LogP contribution in [0.5, 0.6) is 5.75 Å². The lowest BCUT2D eigenvalue weighted by Gasteiger charge is -2.19. The van der Waals surface area contributed by atoms with Crippen molar-refractivity contribution in [2.75, 3.05) is 0 Å². The topological polar surface area (TPSA) is 47.3 Å². The molecule has 0 aliphatic rings. The van der Waals surface area contributed by atoms with Crippen LogP contribution in [0.15, 0.2) is 34.9 Å². The molecule has 0 aliphatic carbocycles. The Morgan fingerprint density at radius 2 is 1.90 bits per heavy atom. The molecule has 0 atom stereocenters. The largest absolute Gasteiger partial charge is 0.435 e. The Morgan fingerprint density at radius 1 is 1.24 bits per heavy atom. The van der Waals surface area contributed by atoms with Crippen molar-refractivity contribution in [3.05, 3.63) is 36.0 Å². The zero-order chi connectivity index (χ0) is 15.5. The van der Waals surface area contributed by atoms with Gasteiger partial charge in [0.15, 0.2) is 5.76 Å². The van der Waals surface area contributed by atoms with E-state index in [-0.39, 0.29) is 11.3 Å². The predicted octanol–water partition coefficient (Wildman–Crippen LogP) is 3.83. The van der Waals surface area contributed by atoms with Gasteiger partial charge in [-0.2, -0.15) is 8.78 Å². The summed E-state index contributed by atoms with van der Waals surface area (Å²) in [6, 6.07) is 8.06. The molecule has 1 aromatic carbocycles. The Morgan fingerprint density at radius 3 is 2.48 bits per heavy atom. The molecule has 0 fully saturated rings. The van der Waals surface area contributed by atoms with Gasteiger partial charge in [-0.25, -0.2) is 0 Å². The molecule has 0 saturated carbocycles. The van der Waals surface area contributed by atoms with E-state index in [1.165, 1.54) is 12.1 Å². The maximum Gasteiger partial charge on any atom is 0.387 e. The number of ether oxygens (including phenoxy) is 1. The quantitative estimate of drug-likeness (QED) is 0.911. The van der Waals surface area contributed by atoms with Crippen LogP contribution in [0.4, 0.5) is 8.78 Å². The number of aromatic nitrogens is 1. The van der Waals surface area contributed by atoms with Crippen molar-refractivity contribution in [3.8, 4) is 17.1 Å². The van der Waals surface area contributed by atoms with Crippen molar-refractivity contribution in [1.82, 2.24) is 10.5 Å². The molecule has 1 N–H and O–H groups in total. The molecule has 0 bridgehead atoms. The summed E-state index contributed by atoms with van der Waals surface area (Å²) in [7, 11) is 0. The van der Waals surface area contributed by atoms with Gasteiger partial charge in [-0.05, 0) is 45.0 Å². The zero-order valence-corrected chi connectivity index (χ0v) is 12.2. The Kier molecular flexibility index (Phi) is 4.57. The van der Waals surface area contributed by atoms with E-state index in [0.29, 0.717) is 12.3 Å². The van der Waals surface area contributed by atoms with Crippen LogP contribution in [0, 0.1) is 0 Å². The van der Waals surface area contributed by atoms with E-state index in [4.69, 9.17) is 4.52 Å². The first-order valence-corrected chi connectivity index (χ1v) is 6.59. The molecule has 1 heterocycles. The smallest absolute Gasteiger partial charge is 0.387 e. The van der Waals surface area contributed by atoms with Crippen molar-refractivity contribution in [2.24, 2.45) is 0 Å².